The minimum Gasteiger partial charge on any atom is -0.330 e. The van der Waals surface area contributed by atoms with Crippen molar-refractivity contribution in [2.45, 2.75) is 46.3 Å². The molecule has 4 heteroatoms. The first-order valence-corrected chi connectivity index (χ1v) is 5.64. The standard InChI is InChI=1S/C11H22N4/c1-4-15-11(7-10(3)14-15)8-13-9(2)5-6-12/h7,9,13H,4-6,8,12H2,1-3H3. The molecule has 1 atom stereocenters. The van der Waals surface area contributed by atoms with Crippen molar-refractivity contribution in [3.63, 3.8) is 0 Å². The van der Waals surface area contributed by atoms with Crippen LogP contribution in [0, 0.1) is 6.92 Å². The summed E-state index contributed by atoms with van der Waals surface area (Å²) in [4.78, 5) is 0. The number of nitrogens with two attached hydrogens (primary N) is 1. The molecule has 0 aliphatic heterocycles. The van der Waals surface area contributed by atoms with Crippen LogP contribution in [-0.4, -0.2) is 22.4 Å². The summed E-state index contributed by atoms with van der Waals surface area (Å²) < 4.78 is 2.04. The molecule has 1 unspecified atom stereocenters. The molecule has 0 saturated heterocycles. The van der Waals surface area contributed by atoms with Gasteiger partial charge in [-0.05, 0) is 39.8 Å². The van der Waals surface area contributed by atoms with Crippen molar-refractivity contribution in [1.82, 2.24) is 15.1 Å². The summed E-state index contributed by atoms with van der Waals surface area (Å²) in [5, 5.41) is 7.85. The molecule has 4 nitrogen and oxygen atoms in total. The Morgan fingerprint density at radius 3 is 2.93 bits per heavy atom. The number of aryl methyl sites for hydroxylation is 2. The highest BCUT2D eigenvalue weighted by molar-refractivity contribution is 5.08. The second-order valence-electron chi connectivity index (χ2n) is 3.95. The van der Waals surface area contributed by atoms with E-state index in [2.05, 4.69) is 30.3 Å². The largest absolute Gasteiger partial charge is 0.330 e. The predicted octanol–water partition coefficient (Wildman–Crippen LogP) is 1.04. The van der Waals surface area contributed by atoms with Crippen molar-refractivity contribution in [1.29, 1.82) is 0 Å². The van der Waals surface area contributed by atoms with Crippen molar-refractivity contribution >= 4 is 0 Å². The number of aromatic nitrogens is 2. The van der Waals surface area contributed by atoms with Crippen molar-refractivity contribution in [2.75, 3.05) is 6.54 Å². The van der Waals surface area contributed by atoms with Crippen LogP contribution >= 0.6 is 0 Å². The zero-order valence-corrected chi connectivity index (χ0v) is 9.95. The van der Waals surface area contributed by atoms with Gasteiger partial charge in [-0.2, -0.15) is 5.10 Å². The normalized spacial score (nSPS) is 13.1. The first-order valence-electron chi connectivity index (χ1n) is 5.64. The maximum atomic E-state index is 5.50. The van der Waals surface area contributed by atoms with Gasteiger partial charge < -0.3 is 11.1 Å². The Morgan fingerprint density at radius 1 is 1.60 bits per heavy atom. The topological polar surface area (TPSA) is 55.9 Å². The highest BCUT2D eigenvalue weighted by Gasteiger charge is 2.05. The van der Waals surface area contributed by atoms with Gasteiger partial charge in [0, 0.05) is 19.1 Å². The molecule has 0 saturated carbocycles. The molecule has 15 heavy (non-hydrogen) atoms. The Morgan fingerprint density at radius 2 is 2.33 bits per heavy atom. The number of hydrogen-bond donors (Lipinski definition) is 2. The van der Waals surface area contributed by atoms with Crippen LogP contribution in [0.15, 0.2) is 6.07 Å². The van der Waals surface area contributed by atoms with Crippen LogP contribution in [-0.2, 0) is 13.1 Å². The molecule has 0 aromatic carbocycles. The highest BCUT2D eigenvalue weighted by Crippen LogP contribution is 2.04. The van der Waals surface area contributed by atoms with Crippen LogP contribution in [0.4, 0.5) is 0 Å². The van der Waals surface area contributed by atoms with Gasteiger partial charge in [0.15, 0.2) is 0 Å². The average Bonchev–Trinajstić information content (AvgIpc) is 2.56. The molecule has 0 radical (unpaired) electrons. The van der Waals surface area contributed by atoms with Crippen LogP contribution in [0.2, 0.25) is 0 Å². The molecule has 0 aliphatic carbocycles. The van der Waals surface area contributed by atoms with Gasteiger partial charge in [0.05, 0.1) is 11.4 Å². The zero-order valence-electron chi connectivity index (χ0n) is 9.95. The van der Waals surface area contributed by atoms with E-state index in [4.69, 9.17) is 5.73 Å². The first kappa shape index (κ1) is 12.2. The molecule has 0 fully saturated rings. The lowest BCUT2D eigenvalue weighted by atomic mass is 10.2. The van der Waals surface area contributed by atoms with Crippen LogP contribution < -0.4 is 11.1 Å². The van der Waals surface area contributed by atoms with E-state index in [1.807, 2.05) is 11.6 Å². The average molecular weight is 210 g/mol. The van der Waals surface area contributed by atoms with E-state index in [9.17, 15) is 0 Å². The van der Waals surface area contributed by atoms with Gasteiger partial charge >= 0.3 is 0 Å². The van der Waals surface area contributed by atoms with E-state index < -0.39 is 0 Å². The molecule has 3 N–H and O–H groups in total. The molecular weight excluding hydrogens is 188 g/mol. The quantitative estimate of drug-likeness (QED) is 0.737. The van der Waals surface area contributed by atoms with Gasteiger partial charge in [0.25, 0.3) is 0 Å². The Bertz CT molecular complexity index is 293. The molecule has 0 aliphatic rings. The molecule has 1 aromatic heterocycles. The van der Waals surface area contributed by atoms with Crippen molar-refractivity contribution < 1.29 is 0 Å². The van der Waals surface area contributed by atoms with Crippen molar-refractivity contribution in [2.24, 2.45) is 5.73 Å². The third kappa shape index (κ3) is 3.64. The molecule has 0 amide bonds. The maximum Gasteiger partial charge on any atom is 0.0597 e. The molecule has 1 aromatic rings. The van der Waals surface area contributed by atoms with Gasteiger partial charge in [-0.1, -0.05) is 0 Å². The van der Waals surface area contributed by atoms with Gasteiger partial charge in [0.1, 0.15) is 0 Å². The predicted molar refractivity (Wildman–Crippen MR) is 62.6 cm³/mol. The molecule has 86 valence electrons. The van der Waals surface area contributed by atoms with Gasteiger partial charge in [0.2, 0.25) is 0 Å². The van der Waals surface area contributed by atoms with Crippen LogP contribution in [0.3, 0.4) is 0 Å². The zero-order chi connectivity index (χ0) is 11.3. The lowest BCUT2D eigenvalue weighted by Crippen LogP contribution is -2.28. The number of nitrogens with one attached hydrogen (secondary N) is 1. The van der Waals surface area contributed by atoms with Crippen molar-refractivity contribution in [3.8, 4) is 0 Å². The maximum absolute atomic E-state index is 5.50. The van der Waals surface area contributed by atoms with Crippen LogP contribution in [0.25, 0.3) is 0 Å². The van der Waals surface area contributed by atoms with Crippen LogP contribution in [0.5, 0.6) is 0 Å². The van der Waals surface area contributed by atoms with E-state index in [0.717, 1.165) is 31.7 Å². The lowest BCUT2D eigenvalue weighted by molar-refractivity contribution is 0.496. The third-order valence-electron chi connectivity index (χ3n) is 2.52. The molecule has 1 rings (SSSR count). The van der Waals surface area contributed by atoms with E-state index in [0.29, 0.717) is 6.04 Å². The summed E-state index contributed by atoms with van der Waals surface area (Å²) in [6.45, 7) is 8.83. The molecule has 0 bridgehead atoms. The highest BCUT2D eigenvalue weighted by atomic mass is 15.3. The Balaban J connectivity index is 2.49. The van der Waals surface area contributed by atoms with E-state index >= 15 is 0 Å². The Hall–Kier alpha value is -0.870. The second-order valence-corrected chi connectivity index (χ2v) is 3.95. The fourth-order valence-corrected chi connectivity index (χ4v) is 1.65. The van der Waals surface area contributed by atoms with E-state index in [1.165, 1.54) is 5.69 Å². The fraction of sp³-hybridized carbons (Fsp3) is 0.727. The molecular formula is C11H22N4. The monoisotopic (exact) mass is 210 g/mol. The minimum atomic E-state index is 0.468. The summed E-state index contributed by atoms with van der Waals surface area (Å²) in [7, 11) is 0. The van der Waals surface area contributed by atoms with E-state index in [1.54, 1.807) is 0 Å². The smallest absolute Gasteiger partial charge is 0.0597 e. The van der Waals surface area contributed by atoms with Gasteiger partial charge in [-0.3, -0.25) is 4.68 Å². The number of nitrogens with zero attached hydrogens (tertiary/aromatic N) is 2. The summed E-state index contributed by atoms with van der Waals surface area (Å²) >= 11 is 0. The van der Waals surface area contributed by atoms with Gasteiger partial charge in [-0.15, -0.1) is 0 Å². The van der Waals surface area contributed by atoms with E-state index in [-0.39, 0.29) is 0 Å². The third-order valence-corrected chi connectivity index (χ3v) is 2.52. The summed E-state index contributed by atoms with van der Waals surface area (Å²) in [5.41, 5.74) is 7.83. The van der Waals surface area contributed by atoms with Gasteiger partial charge in [-0.25, -0.2) is 0 Å². The summed E-state index contributed by atoms with van der Waals surface area (Å²) in [5.74, 6) is 0. The number of rotatable bonds is 6. The summed E-state index contributed by atoms with van der Waals surface area (Å²) in [6, 6.07) is 2.60. The Kier molecular flexibility index (Phi) is 4.78. The first-order chi connectivity index (χ1) is 7.17. The summed E-state index contributed by atoms with van der Waals surface area (Å²) in [6.07, 6.45) is 1.01. The second kappa shape index (κ2) is 5.88. The molecule has 1 heterocycles. The minimum absolute atomic E-state index is 0.468. The lowest BCUT2D eigenvalue weighted by Gasteiger charge is -2.12. The molecule has 0 spiro atoms. The number of hydrogen-bond acceptors (Lipinski definition) is 3. The van der Waals surface area contributed by atoms with Crippen LogP contribution in [0.1, 0.15) is 31.7 Å². The fourth-order valence-electron chi connectivity index (χ4n) is 1.65. The SMILES string of the molecule is CCn1nc(C)cc1CNC(C)CCN. The Labute approximate surface area is 91.8 Å². The van der Waals surface area contributed by atoms with Crippen molar-refractivity contribution in [3.05, 3.63) is 17.5 Å².